The maximum absolute atomic E-state index is 12.7. The van der Waals surface area contributed by atoms with Crippen LogP contribution < -0.4 is 15.2 Å². The third-order valence-corrected chi connectivity index (χ3v) is 5.52. The number of benzene rings is 2. The van der Waals surface area contributed by atoms with Crippen LogP contribution in [0, 0.1) is 13.8 Å². The third kappa shape index (κ3) is 4.30. The highest BCUT2D eigenvalue weighted by Gasteiger charge is 2.19. The molecule has 0 aliphatic rings. The summed E-state index contributed by atoms with van der Waals surface area (Å²) in [4.78, 5) is 12.6. The SMILES string of the molecule is COc1ccc(S(N)(=O)=O)cc1C(=O)NCc1c(C)nn(-c2ccccc2)c1C. The first-order valence-corrected chi connectivity index (χ1v) is 10.4. The Labute approximate surface area is 169 Å². The second kappa shape index (κ2) is 8.06. The van der Waals surface area contributed by atoms with E-state index in [9.17, 15) is 13.2 Å². The maximum atomic E-state index is 12.7. The molecule has 0 spiro atoms. The molecule has 0 radical (unpaired) electrons. The van der Waals surface area contributed by atoms with E-state index in [0.29, 0.717) is 0 Å². The number of sulfonamides is 1. The molecule has 0 atom stereocenters. The summed E-state index contributed by atoms with van der Waals surface area (Å²) in [7, 11) is -2.54. The Morgan fingerprint density at radius 3 is 2.48 bits per heavy atom. The summed E-state index contributed by atoms with van der Waals surface area (Å²) in [6.45, 7) is 4.03. The third-order valence-electron chi connectivity index (χ3n) is 4.61. The van der Waals surface area contributed by atoms with Crippen LogP contribution in [0.3, 0.4) is 0 Å². The molecular formula is C20H22N4O4S. The van der Waals surface area contributed by atoms with Gasteiger partial charge in [-0.3, -0.25) is 4.79 Å². The molecule has 0 bridgehead atoms. The second-order valence-corrected chi connectivity index (χ2v) is 8.05. The lowest BCUT2D eigenvalue weighted by molar-refractivity contribution is 0.0947. The Morgan fingerprint density at radius 1 is 1.17 bits per heavy atom. The van der Waals surface area contributed by atoms with Crippen LogP contribution in [0.15, 0.2) is 53.4 Å². The summed E-state index contributed by atoms with van der Waals surface area (Å²) in [6, 6.07) is 13.6. The van der Waals surface area contributed by atoms with Crippen molar-refractivity contribution in [1.29, 1.82) is 0 Å². The van der Waals surface area contributed by atoms with Crippen molar-refractivity contribution in [2.24, 2.45) is 5.14 Å². The number of nitrogens with one attached hydrogen (secondary N) is 1. The van der Waals surface area contributed by atoms with Crippen molar-refractivity contribution in [3.63, 3.8) is 0 Å². The van der Waals surface area contributed by atoms with Gasteiger partial charge in [0.05, 0.1) is 29.0 Å². The summed E-state index contributed by atoms with van der Waals surface area (Å²) in [6.07, 6.45) is 0. The van der Waals surface area contributed by atoms with Crippen LogP contribution in [-0.4, -0.2) is 31.2 Å². The molecule has 3 aromatic rings. The van der Waals surface area contributed by atoms with E-state index in [4.69, 9.17) is 9.88 Å². The molecule has 3 rings (SSSR count). The Hall–Kier alpha value is -3.17. The monoisotopic (exact) mass is 414 g/mol. The Kier molecular flexibility index (Phi) is 5.71. The van der Waals surface area contributed by atoms with Gasteiger partial charge in [-0.05, 0) is 44.2 Å². The van der Waals surface area contributed by atoms with E-state index in [0.717, 1.165) is 22.6 Å². The van der Waals surface area contributed by atoms with Gasteiger partial charge < -0.3 is 10.1 Å². The first-order chi connectivity index (χ1) is 13.7. The average Bonchev–Trinajstić information content (AvgIpc) is 2.99. The number of aromatic nitrogens is 2. The summed E-state index contributed by atoms with van der Waals surface area (Å²) in [5.74, 6) is -0.220. The van der Waals surface area contributed by atoms with Gasteiger partial charge in [-0.1, -0.05) is 18.2 Å². The standard InChI is InChI=1S/C20H22N4O4S/c1-13-18(14(2)24(23-13)15-7-5-4-6-8-15)12-22-20(25)17-11-16(29(21,26)27)9-10-19(17)28-3/h4-11H,12H2,1-3H3,(H,22,25)(H2,21,26,27). The van der Waals surface area contributed by atoms with E-state index >= 15 is 0 Å². The molecule has 1 aromatic heterocycles. The average molecular weight is 414 g/mol. The quantitative estimate of drug-likeness (QED) is 0.641. The van der Waals surface area contributed by atoms with Gasteiger partial charge in [0, 0.05) is 17.8 Å². The zero-order valence-corrected chi connectivity index (χ0v) is 17.2. The minimum Gasteiger partial charge on any atom is -0.496 e. The van der Waals surface area contributed by atoms with Crippen LogP contribution in [0.25, 0.3) is 5.69 Å². The number of methoxy groups -OCH3 is 1. The molecule has 0 unspecified atom stereocenters. The van der Waals surface area contributed by atoms with Gasteiger partial charge >= 0.3 is 0 Å². The Bertz CT molecular complexity index is 1150. The molecule has 29 heavy (non-hydrogen) atoms. The summed E-state index contributed by atoms with van der Waals surface area (Å²) in [5, 5.41) is 12.5. The first-order valence-electron chi connectivity index (χ1n) is 8.82. The lowest BCUT2D eigenvalue weighted by Gasteiger charge is -2.11. The zero-order valence-electron chi connectivity index (χ0n) is 16.3. The summed E-state index contributed by atoms with van der Waals surface area (Å²) in [5.41, 5.74) is 3.58. The van der Waals surface area contributed by atoms with Gasteiger partial charge in [0.25, 0.3) is 5.91 Å². The van der Waals surface area contributed by atoms with Crippen LogP contribution in [0.4, 0.5) is 0 Å². The first kappa shape index (κ1) is 20.6. The van der Waals surface area contributed by atoms with E-state index in [-0.39, 0.29) is 22.8 Å². The number of amides is 1. The fourth-order valence-corrected chi connectivity index (χ4v) is 3.60. The molecule has 0 aliphatic heterocycles. The lowest BCUT2D eigenvalue weighted by atomic mass is 10.1. The molecule has 0 aliphatic carbocycles. The van der Waals surface area contributed by atoms with Crippen molar-refractivity contribution in [1.82, 2.24) is 15.1 Å². The van der Waals surface area contributed by atoms with E-state index in [2.05, 4.69) is 10.4 Å². The number of hydrogen-bond donors (Lipinski definition) is 2. The van der Waals surface area contributed by atoms with Crippen molar-refractivity contribution in [2.45, 2.75) is 25.3 Å². The normalized spacial score (nSPS) is 11.3. The van der Waals surface area contributed by atoms with E-state index in [1.807, 2.05) is 48.9 Å². The lowest BCUT2D eigenvalue weighted by Crippen LogP contribution is -2.24. The van der Waals surface area contributed by atoms with Crippen LogP contribution in [-0.2, 0) is 16.6 Å². The number of hydrogen-bond acceptors (Lipinski definition) is 5. The van der Waals surface area contributed by atoms with Crippen molar-refractivity contribution >= 4 is 15.9 Å². The van der Waals surface area contributed by atoms with E-state index < -0.39 is 15.9 Å². The molecule has 2 aromatic carbocycles. The minimum absolute atomic E-state index is 0.0878. The second-order valence-electron chi connectivity index (χ2n) is 6.49. The number of rotatable bonds is 6. The highest BCUT2D eigenvalue weighted by atomic mass is 32.2. The predicted octanol–water partition coefficient (Wildman–Crippen LogP) is 2.08. The number of nitrogens with two attached hydrogens (primary N) is 1. The highest BCUT2D eigenvalue weighted by Crippen LogP contribution is 2.23. The van der Waals surface area contributed by atoms with Gasteiger partial charge in [-0.15, -0.1) is 0 Å². The maximum Gasteiger partial charge on any atom is 0.255 e. The van der Waals surface area contributed by atoms with Gasteiger partial charge in [-0.2, -0.15) is 5.10 Å². The molecule has 152 valence electrons. The molecule has 8 nitrogen and oxygen atoms in total. The minimum atomic E-state index is -3.94. The fraction of sp³-hybridized carbons (Fsp3) is 0.200. The number of nitrogens with zero attached hydrogens (tertiary/aromatic N) is 2. The number of aryl methyl sites for hydroxylation is 1. The van der Waals surface area contributed by atoms with Gasteiger partial charge in [-0.25, -0.2) is 18.2 Å². The fourth-order valence-electron chi connectivity index (χ4n) is 3.06. The highest BCUT2D eigenvalue weighted by molar-refractivity contribution is 7.89. The topological polar surface area (TPSA) is 116 Å². The molecule has 0 saturated carbocycles. The molecule has 0 saturated heterocycles. The number of carbonyl (C=O) groups excluding carboxylic acids is 1. The van der Waals surface area contributed by atoms with Crippen LogP contribution in [0.1, 0.15) is 27.3 Å². The Balaban J connectivity index is 1.86. The van der Waals surface area contributed by atoms with E-state index in [1.54, 1.807) is 0 Å². The molecular weight excluding hydrogens is 392 g/mol. The van der Waals surface area contributed by atoms with E-state index in [1.165, 1.54) is 25.3 Å². The molecule has 0 fully saturated rings. The van der Waals surface area contributed by atoms with Crippen LogP contribution in [0.5, 0.6) is 5.75 Å². The van der Waals surface area contributed by atoms with Gasteiger partial charge in [0.15, 0.2) is 0 Å². The van der Waals surface area contributed by atoms with Crippen LogP contribution in [0.2, 0.25) is 0 Å². The Morgan fingerprint density at radius 2 is 1.86 bits per heavy atom. The van der Waals surface area contributed by atoms with Gasteiger partial charge in [0.2, 0.25) is 10.0 Å². The molecule has 3 N–H and O–H groups in total. The van der Waals surface area contributed by atoms with Crippen molar-refractivity contribution < 1.29 is 17.9 Å². The largest absolute Gasteiger partial charge is 0.496 e. The smallest absolute Gasteiger partial charge is 0.255 e. The molecule has 1 heterocycles. The number of para-hydroxylation sites is 1. The summed E-state index contributed by atoms with van der Waals surface area (Å²) < 4.78 is 30.2. The number of primary sulfonamides is 1. The number of ether oxygens (including phenoxy) is 1. The molecule has 1 amide bonds. The summed E-state index contributed by atoms with van der Waals surface area (Å²) >= 11 is 0. The van der Waals surface area contributed by atoms with Crippen LogP contribution >= 0.6 is 0 Å². The van der Waals surface area contributed by atoms with Crippen molar-refractivity contribution in [3.05, 3.63) is 71.0 Å². The van der Waals surface area contributed by atoms with Gasteiger partial charge in [0.1, 0.15) is 5.75 Å². The predicted molar refractivity (Wildman–Crippen MR) is 109 cm³/mol. The van der Waals surface area contributed by atoms with Crippen molar-refractivity contribution in [3.8, 4) is 11.4 Å². The number of carbonyl (C=O) groups is 1. The zero-order chi connectivity index (χ0) is 21.2. The molecule has 9 heteroatoms. The van der Waals surface area contributed by atoms with Crippen molar-refractivity contribution in [2.75, 3.05) is 7.11 Å².